The van der Waals surface area contributed by atoms with Crippen LogP contribution in [0.5, 0.6) is 0 Å². The molecule has 19 heavy (non-hydrogen) atoms. The van der Waals surface area contributed by atoms with Gasteiger partial charge in [0.2, 0.25) is 5.91 Å². The summed E-state index contributed by atoms with van der Waals surface area (Å²) in [6.07, 6.45) is -0.344. The Morgan fingerprint density at radius 2 is 2.05 bits per heavy atom. The minimum absolute atomic E-state index is 0.00251. The molecule has 0 saturated carbocycles. The van der Waals surface area contributed by atoms with E-state index in [4.69, 9.17) is 5.11 Å². The van der Waals surface area contributed by atoms with Gasteiger partial charge in [-0.15, -0.1) is 0 Å². The summed E-state index contributed by atoms with van der Waals surface area (Å²) in [5.74, 6) is -1.44. The number of nitro groups is 1. The molecule has 0 bridgehead atoms. The average Bonchev–Trinajstić information content (AvgIpc) is 2.34. The van der Waals surface area contributed by atoms with Gasteiger partial charge in [0.25, 0.3) is 5.69 Å². The third-order valence-corrected chi connectivity index (χ3v) is 2.66. The van der Waals surface area contributed by atoms with Gasteiger partial charge >= 0.3 is 5.97 Å². The Bertz CT molecular complexity index is 513. The van der Waals surface area contributed by atoms with Gasteiger partial charge in [0.15, 0.2) is 0 Å². The first-order chi connectivity index (χ1) is 8.91. The molecule has 0 spiro atoms. The van der Waals surface area contributed by atoms with Crippen molar-refractivity contribution in [3.8, 4) is 0 Å². The van der Waals surface area contributed by atoms with Gasteiger partial charge in [0.1, 0.15) is 0 Å². The van der Waals surface area contributed by atoms with E-state index < -0.39 is 16.8 Å². The maximum atomic E-state index is 11.3. The first-order valence-electron chi connectivity index (χ1n) is 5.63. The molecule has 0 saturated heterocycles. The largest absolute Gasteiger partial charge is 0.481 e. The summed E-state index contributed by atoms with van der Waals surface area (Å²) in [5.41, 5.74) is 1.13. The summed E-state index contributed by atoms with van der Waals surface area (Å²) in [4.78, 5) is 31.9. The summed E-state index contributed by atoms with van der Waals surface area (Å²) < 4.78 is 0. The number of rotatable bonds is 6. The molecular weight excluding hydrogens is 252 g/mol. The maximum absolute atomic E-state index is 11.3. The summed E-state index contributed by atoms with van der Waals surface area (Å²) in [7, 11) is 0. The van der Waals surface area contributed by atoms with Crippen LogP contribution < -0.4 is 5.32 Å². The number of aliphatic carboxylic acids is 1. The molecule has 0 fully saturated rings. The zero-order valence-corrected chi connectivity index (χ0v) is 10.4. The van der Waals surface area contributed by atoms with E-state index in [0.717, 1.165) is 0 Å². The highest BCUT2D eigenvalue weighted by Gasteiger charge is 2.13. The molecule has 0 radical (unpaired) electrons. The van der Waals surface area contributed by atoms with E-state index in [0.29, 0.717) is 11.1 Å². The van der Waals surface area contributed by atoms with Crippen LogP contribution in [0.2, 0.25) is 0 Å². The highest BCUT2D eigenvalue weighted by Crippen LogP contribution is 2.20. The number of hydrogen-bond donors (Lipinski definition) is 2. The molecule has 1 amide bonds. The smallest absolute Gasteiger partial charge is 0.303 e. The van der Waals surface area contributed by atoms with E-state index in [1.165, 1.54) is 6.07 Å². The van der Waals surface area contributed by atoms with Crippen molar-refractivity contribution in [3.05, 3.63) is 39.4 Å². The van der Waals surface area contributed by atoms with Crippen LogP contribution in [-0.4, -0.2) is 21.9 Å². The highest BCUT2D eigenvalue weighted by molar-refractivity contribution is 5.80. The van der Waals surface area contributed by atoms with Gasteiger partial charge in [-0.3, -0.25) is 19.7 Å². The van der Waals surface area contributed by atoms with E-state index in [-0.39, 0.29) is 25.1 Å². The fraction of sp³-hybridized carbons (Fsp3) is 0.333. The average molecular weight is 266 g/mol. The fourth-order valence-electron chi connectivity index (χ4n) is 1.56. The molecule has 2 N–H and O–H groups in total. The lowest BCUT2D eigenvalue weighted by molar-refractivity contribution is -0.385. The minimum atomic E-state index is -1.04. The third kappa shape index (κ3) is 4.38. The number of nitrogens with zero attached hydrogens (tertiary/aromatic N) is 1. The van der Waals surface area contributed by atoms with Gasteiger partial charge in [-0.2, -0.15) is 0 Å². The highest BCUT2D eigenvalue weighted by atomic mass is 16.6. The van der Waals surface area contributed by atoms with E-state index >= 15 is 0 Å². The second-order valence-corrected chi connectivity index (χ2v) is 3.99. The van der Waals surface area contributed by atoms with Crippen molar-refractivity contribution in [2.45, 2.75) is 26.3 Å². The van der Waals surface area contributed by atoms with Crippen molar-refractivity contribution >= 4 is 17.6 Å². The second kappa shape index (κ2) is 6.48. The molecule has 1 aromatic carbocycles. The molecule has 7 heteroatoms. The van der Waals surface area contributed by atoms with Crippen LogP contribution in [0.15, 0.2) is 18.2 Å². The van der Waals surface area contributed by atoms with Crippen molar-refractivity contribution in [3.63, 3.8) is 0 Å². The Morgan fingerprint density at radius 3 is 2.63 bits per heavy atom. The van der Waals surface area contributed by atoms with Gasteiger partial charge in [0.05, 0.1) is 11.3 Å². The zero-order chi connectivity index (χ0) is 14.4. The van der Waals surface area contributed by atoms with Crippen molar-refractivity contribution in [1.82, 2.24) is 5.32 Å². The standard InChI is InChI=1S/C12H14N2O5/c1-8-9(3-2-4-10(8)14(18)19)7-13-11(15)5-6-12(16)17/h2-4H,5-7H2,1H3,(H,13,15)(H,16,17). The molecule has 0 aromatic heterocycles. The summed E-state index contributed by atoms with van der Waals surface area (Å²) in [6.45, 7) is 1.75. The molecule has 0 aliphatic carbocycles. The number of nitrogens with one attached hydrogen (secondary N) is 1. The first kappa shape index (κ1) is 14.6. The van der Waals surface area contributed by atoms with Crippen molar-refractivity contribution in [2.24, 2.45) is 0 Å². The van der Waals surface area contributed by atoms with E-state index in [2.05, 4.69) is 5.32 Å². The molecule has 0 heterocycles. The van der Waals surface area contributed by atoms with Gasteiger partial charge in [-0.25, -0.2) is 0 Å². The molecule has 0 atom stereocenters. The molecule has 0 unspecified atom stereocenters. The van der Waals surface area contributed by atoms with Crippen LogP contribution in [0.1, 0.15) is 24.0 Å². The SMILES string of the molecule is Cc1c(CNC(=O)CCC(=O)O)cccc1[N+](=O)[O-]. The lowest BCUT2D eigenvalue weighted by atomic mass is 10.1. The second-order valence-electron chi connectivity index (χ2n) is 3.99. The molecule has 1 rings (SSSR count). The topological polar surface area (TPSA) is 110 Å². The Kier molecular flexibility index (Phi) is 4.99. The minimum Gasteiger partial charge on any atom is -0.481 e. The fourth-order valence-corrected chi connectivity index (χ4v) is 1.56. The van der Waals surface area contributed by atoms with Crippen LogP contribution in [0.25, 0.3) is 0 Å². The lowest BCUT2D eigenvalue weighted by Crippen LogP contribution is -2.23. The van der Waals surface area contributed by atoms with Gasteiger partial charge < -0.3 is 10.4 Å². The third-order valence-electron chi connectivity index (χ3n) is 2.66. The Labute approximate surface area is 109 Å². The van der Waals surface area contributed by atoms with Gasteiger partial charge in [0, 0.05) is 24.6 Å². The van der Waals surface area contributed by atoms with E-state index in [9.17, 15) is 19.7 Å². The number of hydrogen-bond acceptors (Lipinski definition) is 4. The van der Waals surface area contributed by atoms with Crippen LogP contribution in [0, 0.1) is 17.0 Å². The Morgan fingerprint density at radius 1 is 1.37 bits per heavy atom. The zero-order valence-electron chi connectivity index (χ0n) is 10.4. The number of carboxylic acid groups (broad SMARTS) is 1. The monoisotopic (exact) mass is 266 g/mol. The number of benzene rings is 1. The first-order valence-corrected chi connectivity index (χ1v) is 5.63. The van der Waals surface area contributed by atoms with Crippen molar-refractivity contribution < 1.29 is 19.6 Å². The van der Waals surface area contributed by atoms with Gasteiger partial charge in [-0.1, -0.05) is 12.1 Å². The molecule has 7 nitrogen and oxygen atoms in total. The summed E-state index contributed by atoms with van der Waals surface area (Å²) >= 11 is 0. The number of amides is 1. The van der Waals surface area contributed by atoms with Crippen LogP contribution >= 0.6 is 0 Å². The summed E-state index contributed by atoms with van der Waals surface area (Å²) in [6, 6.07) is 4.62. The lowest BCUT2D eigenvalue weighted by Gasteiger charge is -2.07. The number of carbonyl (C=O) groups excluding carboxylic acids is 1. The summed E-state index contributed by atoms with van der Waals surface area (Å²) in [5, 5.41) is 21.7. The number of carboxylic acids is 1. The predicted octanol–water partition coefficient (Wildman–Crippen LogP) is 1.38. The van der Waals surface area contributed by atoms with Crippen LogP contribution in [0.4, 0.5) is 5.69 Å². The quantitative estimate of drug-likeness (QED) is 0.597. The van der Waals surface area contributed by atoms with Crippen molar-refractivity contribution in [1.29, 1.82) is 0 Å². The number of carbonyl (C=O) groups is 2. The van der Waals surface area contributed by atoms with Crippen LogP contribution in [-0.2, 0) is 16.1 Å². The van der Waals surface area contributed by atoms with Crippen molar-refractivity contribution in [2.75, 3.05) is 0 Å². The van der Waals surface area contributed by atoms with E-state index in [1.54, 1.807) is 19.1 Å². The van der Waals surface area contributed by atoms with Gasteiger partial charge in [-0.05, 0) is 12.5 Å². The predicted molar refractivity (Wildman–Crippen MR) is 66.5 cm³/mol. The molecule has 0 aliphatic rings. The Balaban J connectivity index is 2.63. The molecule has 1 aromatic rings. The maximum Gasteiger partial charge on any atom is 0.303 e. The Hall–Kier alpha value is -2.44. The molecule has 102 valence electrons. The molecular formula is C12H14N2O5. The number of nitro benzene ring substituents is 1. The van der Waals surface area contributed by atoms with Crippen LogP contribution in [0.3, 0.4) is 0 Å². The normalized spacial score (nSPS) is 9.95. The van der Waals surface area contributed by atoms with E-state index in [1.807, 2.05) is 0 Å². The molecule has 0 aliphatic heterocycles.